The zero-order valence-electron chi connectivity index (χ0n) is 14.2. The van der Waals surface area contributed by atoms with Crippen LogP contribution < -0.4 is 10.6 Å². The van der Waals surface area contributed by atoms with Gasteiger partial charge in [-0.25, -0.2) is 4.98 Å². The predicted octanol–water partition coefficient (Wildman–Crippen LogP) is 1.80. The second-order valence-corrected chi connectivity index (χ2v) is 6.65. The molecule has 2 aliphatic heterocycles. The number of imidazole rings is 1. The monoisotopic (exact) mass is 339 g/mol. The van der Waals surface area contributed by atoms with E-state index in [1.165, 1.54) is 0 Å². The maximum atomic E-state index is 12.9. The van der Waals surface area contributed by atoms with Crippen molar-refractivity contribution in [1.82, 2.24) is 14.5 Å². The minimum Gasteiger partial charge on any atom is -0.374 e. The summed E-state index contributed by atoms with van der Waals surface area (Å²) in [5.74, 6) is 1.20. The number of fused-ring (bicyclic) bond motifs is 1. The van der Waals surface area contributed by atoms with Gasteiger partial charge in [0.15, 0.2) is 0 Å². The number of benzene rings is 1. The van der Waals surface area contributed by atoms with Crippen molar-refractivity contribution >= 4 is 23.2 Å². The summed E-state index contributed by atoms with van der Waals surface area (Å²) in [5, 5.41) is 5.85. The van der Waals surface area contributed by atoms with Crippen molar-refractivity contribution in [2.24, 2.45) is 7.05 Å². The number of anilines is 2. The molecule has 2 aromatic rings. The van der Waals surface area contributed by atoms with Gasteiger partial charge in [-0.1, -0.05) is 0 Å². The van der Waals surface area contributed by atoms with Gasteiger partial charge in [0.2, 0.25) is 5.91 Å². The topological polar surface area (TPSA) is 79.3 Å². The number of carbonyl (C=O) groups excluding carboxylic acids is 2. The number of aryl methyl sites for hydroxylation is 1. The minimum absolute atomic E-state index is 0.00142. The summed E-state index contributed by atoms with van der Waals surface area (Å²) in [7, 11) is 1.99. The molecule has 1 aromatic heterocycles. The molecule has 7 nitrogen and oxygen atoms in total. The fraction of sp³-hybridized carbons (Fsp3) is 0.389. The van der Waals surface area contributed by atoms with Gasteiger partial charge in [0.1, 0.15) is 5.82 Å². The highest BCUT2D eigenvalue weighted by molar-refractivity contribution is 6.03. The second-order valence-electron chi connectivity index (χ2n) is 6.65. The van der Waals surface area contributed by atoms with Crippen molar-refractivity contribution < 1.29 is 9.59 Å². The van der Waals surface area contributed by atoms with Crippen LogP contribution in [-0.4, -0.2) is 45.9 Å². The highest BCUT2D eigenvalue weighted by Crippen LogP contribution is 2.29. The number of hydrogen-bond donors (Lipinski definition) is 2. The Bertz CT molecular complexity index is 829. The highest BCUT2D eigenvalue weighted by atomic mass is 16.2. The van der Waals surface area contributed by atoms with Gasteiger partial charge in [-0.2, -0.15) is 0 Å². The smallest absolute Gasteiger partial charge is 0.253 e. The summed E-state index contributed by atoms with van der Waals surface area (Å²) in [6.07, 6.45) is 5.75. The number of hydrogen-bond acceptors (Lipinski definition) is 4. The first-order valence-corrected chi connectivity index (χ1v) is 8.56. The van der Waals surface area contributed by atoms with E-state index in [2.05, 4.69) is 15.6 Å². The lowest BCUT2D eigenvalue weighted by Gasteiger charge is -2.32. The number of amides is 2. The summed E-state index contributed by atoms with van der Waals surface area (Å²) in [6.45, 7) is 1.69. The Morgan fingerprint density at radius 3 is 3.00 bits per heavy atom. The quantitative estimate of drug-likeness (QED) is 0.874. The number of piperidine rings is 1. The van der Waals surface area contributed by atoms with Crippen LogP contribution in [0, 0.1) is 0 Å². The maximum absolute atomic E-state index is 12.9. The van der Waals surface area contributed by atoms with Gasteiger partial charge in [-0.3, -0.25) is 9.59 Å². The van der Waals surface area contributed by atoms with Gasteiger partial charge < -0.3 is 20.1 Å². The predicted molar refractivity (Wildman–Crippen MR) is 94.6 cm³/mol. The molecule has 3 heterocycles. The Labute approximate surface area is 146 Å². The molecular weight excluding hydrogens is 318 g/mol. The highest BCUT2D eigenvalue weighted by Gasteiger charge is 2.28. The first-order valence-electron chi connectivity index (χ1n) is 8.56. The van der Waals surface area contributed by atoms with E-state index in [1.54, 1.807) is 12.3 Å². The molecule has 4 rings (SSSR count). The molecule has 2 aliphatic rings. The van der Waals surface area contributed by atoms with Crippen molar-refractivity contribution in [2.45, 2.75) is 18.8 Å². The van der Waals surface area contributed by atoms with Gasteiger partial charge >= 0.3 is 0 Å². The van der Waals surface area contributed by atoms with Crippen LogP contribution in [0.3, 0.4) is 0 Å². The lowest BCUT2D eigenvalue weighted by Crippen LogP contribution is -2.39. The molecular formula is C18H21N5O2. The molecule has 0 radical (unpaired) electrons. The van der Waals surface area contributed by atoms with Crippen LogP contribution in [0.1, 0.15) is 34.9 Å². The molecule has 25 heavy (non-hydrogen) atoms. The van der Waals surface area contributed by atoms with Crippen molar-refractivity contribution in [2.75, 3.05) is 30.3 Å². The molecule has 0 bridgehead atoms. The summed E-state index contributed by atoms with van der Waals surface area (Å²) in [6, 6.07) is 5.42. The molecule has 0 spiro atoms. The first-order chi connectivity index (χ1) is 12.1. The SMILES string of the molecule is Cn1ccnc1C1CCCN(C(=O)c2ccc3c(c2)NC(=O)CN3)C1. The van der Waals surface area contributed by atoms with Crippen molar-refractivity contribution in [3.8, 4) is 0 Å². The lowest BCUT2D eigenvalue weighted by atomic mass is 9.96. The Morgan fingerprint density at radius 1 is 1.32 bits per heavy atom. The van der Waals surface area contributed by atoms with E-state index in [0.29, 0.717) is 17.8 Å². The van der Waals surface area contributed by atoms with Crippen LogP contribution in [-0.2, 0) is 11.8 Å². The van der Waals surface area contributed by atoms with Gasteiger partial charge in [-0.15, -0.1) is 0 Å². The van der Waals surface area contributed by atoms with E-state index in [1.807, 2.05) is 34.8 Å². The van der Waals surface area contributed by atoms with Crippen LogP contribution in [0.15, 0.2) is 30.6 Å². The number of likely N-dealkylation sites (tertiary alicyclic amines) is 1. The number of nitrogens with zero attached hydrogens (tertiary/aromatic N) is 3. The molecule has 2 amide bonds. The van der Waals surface area contributed by atoms with Crippen LogP contribution in [0.25, 0.3) is 0 Å². The van der Waals surface area contributed by atoms with Crippen molar-refractivity contribution in [1.29, 1.82) is 0 Å². The van der Waals surface area contributed by atoms with Crippen LogP contribution in [0.5, 0.6) is 0 Å². The van der Waals surface area contributed by atoms with E-state index in [-0.39, 0.29) is 24.3 Å². The fourth-order valence-electron chi connectivity index (χ4n) is 3.63. The molecule has 1 fully saturated rings. The largest absolute Gasteiger partial charge is 0.374 e. The molecule has 2 N–H and O–H groups in total. The molecule has 7 heteroatoms. The summed E-state index contributed by atoms with van der Waals surface area (Å²) < 4.78 is 2.03. The van der Waals surface area contributed by atoms with Gasteiger partial charge in [-0.05, 0) is 31.0 Å². The van der Waals surface area contributed by atoms with E-state index < -0.39 is 0 Å². The Kier molecular flexibility index (Phi) is 3.91. The van der Waals surface area contributed by atoms with E-state index in [9.17, 15) is 9.59 Å². The van der Waals surface area contributed by atoms with Crippen molar-refractivity contribution in [3.63, 3.8) is 0 Å². The molecule has 1 saturated heterocycles. The van der Waals surface area contributed by atoms with Crippen LogP contribution in [0.4, 0.5) is 11.4 Å². The van der Waals surface area contributed by atoms with E-state index in [4.69, 9.17) is 0 Å². The zero-order chi connectivity index (χ0) is 17.4. The number of nitrogens with one attached hydrogen (secondary N) is 2. The minimum atomic E-state index is -0.0927. The molecule has 1 aromatic carbocycles. The third-order valence-corrected chi connectivity index (χ3v) is 4.91. The fourth-order valence-corrected chi connectivity index (χ4v) is 3.63. The lowest BCUT2D eigenvalue weighted by molar-refractivity contribution is -0.114. The summed E-state index contributed by atoms with van der Waals surface area (Å²) in [5.41, 5.74) is 2.11. The third-order valence-electron chi connectivity index (χ3n) is 4.91. The summed E-state index contributed by atoms with van der Waals surface area (Å²) >= 11 is 0. The zero-order valence-corrected chi connectivity index (χ0v) is 14.2. The van der Waals surface area contributed by atoms with Crippen molar-refractivity contribution in [3.05, 3.63) is 42.0 Å². The Balaban J connectivity index is 1.53. The Morgan fingerprint density at radius 2 is 2.20 bits per heavy atom. The van der Waals surface area contributed by atoms with Crippen LogP contribution in [0.2, 0.25) is 0 Å². The number of carbonyl (C=O) groups is 2. The average molecular weight is 339 g/mol. The number of rotatable bonds is 2. The van der Waals surface area contributed by atoms with E-state index in [0.717, 1.165) is 30.9 Å². The normalized spacial score (nSPS) is 19.8. The molecule has 130 valence electrons. The standard InChI is InChI=1S/C18H21N5O2/c1-22-8-6-19-17(22)13-3-2-7-23(11-13)18(25)12-4-5-14-15(9-12)21-16(24)10-20-14/h4-6,8-9,13,20H,2-3,7,10-11H2,1H3,(H,21,24). The Hall–Kier alpha value is -2.83. The van der Waals surface area contributed by atoms with E-state index >= 15 is 0 Å². The summed E-state index contributed by atoms with van der Waals surface area (Å²) in [4.78, 5) is 30.8. The van der Waals surface area contributed by atoms with Crippen LogP contribution >= 0.6 is 0 Å². The molecule has 0 saturated carbocycles. The molecule has 1 unspecified atom stereocenters. The maximum Gasteiger partial charge on any atom is 0.253 e. The van der Waals surface area contributed by atoms with Gasteiger partial charge in [0, 0.05) is 44.0 Å². The first kappa shape index (κ1) is 15.7. The number of aromatic nitrogens is 2. The average Bonchev–Trinajstić information content (AvgIpc) is 3.06. The third kappa shape index (κ3) is 2.97. The van der Waals surface area contributed by atoms with Gasteiger partial charge in [0.25, 0.3) is 5.91 Å². The van der Waals surface area contributed by atoms with Gasteiger partial charge in [0.05, 0.1) is 17.9 Å². The molecule has 0 aliphatic carbocycles. The molecule has 1 atom stereocenters. The second kappa shape index (κ2) is 6.23.